The van der Waals surface area contributed by atoms with Gasteiger partial charge in [-0.3, -0.25) is 4.79 Å². The minimum Gasteiger partial charge on any atom is -0.349 e. The van der Waals surface area contributed by atoms with E-state index in [1.54, 1.807) is 0 Å². The second kappa shape index (κ2) is 3.48. The number of rotatable bonds is 3. The fourth-order valence-electron chi connectivity index (χ4n) is 2.43. The van der Waals surface area contributed by atoms with Crippen LogP contribution < -0.4 is 10.6 Å². The predicted octanol–water partition coefficient (Wildman–Crippen LogP) is 1.43. The number of carbonyl (C=O) groups is 1. The van der Waals surface area contributed by atoms with Crippen molar-refractivity contribution in [3.8, 4) is 0 Å². The van der Waals surface area contributed by atoms with Crippen molar-refractivity contribution in [2.24, 2.45) is 5.92 Å². The van der Waals surface area contributed by atoms with E-state index in [4.69, 9.17) is 0 Å². The number of nitrogens with one attached hydrogen (secondary N) is 2. The van der Waals surface area contributed by atoms with Crippen LogP contribution in [0.4, 0.5) is 0 Å². The molecule has 1 saturated heterocycles. The van der Waals surface area contributed by atoms with Crippen molar-refractivity contribution in [2.75, 3.05) is 6.54 Å². The van der Waals surface area contributed by atoms with Crippen LogP contribution >= 0.6 is 0 Å². The van der Waals surface area contributed by atoms with E-state index in [1.807, 2.05) is 6.92 Å². The van der Waals surface area contributed by atoms with Gasteiger partial charge < -0.3 is 10.6 Å². The van der Waals surface area contributed by atoms with E-state index in [-0.39, 0.29) is 17.0 Å². The second-order valence-corrected chi connectivity index (χ2v) is 5.81. The van der Waals surface area contributed by atoms with Gasteiger partial charge in [-0.2, -0.15) is 0 Å². The van der Waals surface area contributed by atoms with Crippen molar-refractivity contribution < 1.29 is 4.79 Å². The minimum absolute atomic E-state index is 0.0234. The number of hydrogen-bond donors (Lipinski definition) is 2. The SMILES string of the molecule is CC1(C(=O)NC(C)(C)C2CC2)CCCN1. The van der Waals surface area contributed by atoms with E-state index in [1.165, 1.54) is 12.8 Å². The van der Waals surface area contributed by atoms with Crippen LogP contribution in [0.3, 0.4) is 0 Å². The summed E-state index contributed by atoms with van der Waals surface area (Å²) >= 11 is 0. The summed E-state index contributed by atoms with van der Waals surface area (Å²) in [4.78, 5) is 12.1. The van der Waals surface area contributed by atoms with Gasteiger partial charge in [-0.1, -0.05) is 0 Å². The fraction of sp³-hybridized carbons (Fsp3) is 0.917. The molecule has 2 aliphatic rings. The number of hydrogen-bond acceptors (Lipinski definition) is 2. The Labute approximate surface area is 92.0 Å². The van der Waals surface area contributed by atoms with Crippen molar-refractivity contribution in [2.45, 2.75) is 57.5 Å². The molecule has 3 nitrogen and oxygen atoms in total. The quantitative estimate of drug-likeness (QED) is 0.740. The van der Waals surface area contributed by atoms with E-state index >= 15 is 0 Å². The third-order valence-electron chi connectivity index (χ3n) is 3.90. The van der Waals surface area contributed by atoms with Crippen LogP contribution in [0, 0.1) is 5.92 Å². The molecular formula is C12H22N2O. The highest BCUT2D eigenvalue weighted by molar-refractivity contribution is 5.86. The highest BCUT2D eigenvalue weighted by Crippen LogP contribution is 2.39. The summed E-state index contributed by atoms with van der Waals surface area (Å²) in [5, 5.41) is 6.50. The van der Waals surface area contributed by atoms with Crippen LogP contribution in [0.25, 0.3) is 0 Å². The summed E-state index contributed by atoms with van der Waals surface area (Å²) in [5.74, 6) is 0.864. The second-order valence-electron chi connectivity index (χ2n) is 5.81. The lowest BCUT2D eigenvalue weighted by Gasteiger charge is -2.32. The average molecular weight is 210 g/mol. The van der Waals surface area contributed by atoms with Gasteiger partial charge in [0.25, 0.3) is 0 Å². The van der Waals surface area contributed by atoms with Crippen LogP contribution in [0.1, 0.15) is 46.5 Å². The molecule has 0 radical (unpaired) electrons. The summed E-state index contributed by atoms with van der Waals surface area (Å²) in [6, 6.07) is 0. The van der Waals surface area contributed by atoms with Crippen LogP contribution in [0.2, 0.25) is 0 Å². The molecule has 1 atom stereocenters. The monoisotopic (exact) mass is 210 g/mol. The first-order valence-electron chi connectivity index (χ1n) is 6.02. The lowest BCUT2D eigenvalue weighted by atomic mass is 9.94. The topological polar surface area (TPSA) is 41.1 Å². The molecule has 1 unspecified atom stereocenters. The molecule has 0 aromatic heterocycles. The van der Waals surface area contributed by atoms with Crippen molar-refractivity contribution in [1.29, 1.82) is 0 Å². The first-order chi connectivity index (χ1) is 6.94. The maximum atomic E-state index is 12.1. The zero-order valence-corrected chi connectivity index (χ0v) is 10.0. The van der Waals surface area contributed by atoms with Gasteiger partial charge in [0.15, 0.2) is 0 Å². The van der Waals surface area contributed by atoms with Gasteiger partial charge in [-0.05, 0) is 58.9 Å². The van der Waals surface area contributed by atoms with E-state index in [2.05, 4.69) is 24.5 Å². The molecule has 3 heteroatoms. The van der Waals surface area contributed by atoms with Crippen LogP contribution in [0.15, 0.2) is 0 Å². The summed E-state index contributed by atoms with van der Waals surface area (Å²) in [6.45, 7) is 7.26. The highest BCUT2D eigenvalue weighted by Gasteiger charge is 2.43. The minimum atomic E-state index is -0.327. The Hall–Kier alpha value is -0.570. The maximum Gasteiger partial charge on any atom is 0.240 e. The number of amides is 1. The van der Waals surface area contributed by atoms with Gasteiger partial charge in [0, 0.05) is 5.54 Å². The lowest BCUT2D eigenvalue weighted by molar-refractivity contribution is -0.128. The van der Waals surface area contributed by atoms with E-state index in [0.29, 0.717) is 5.92 Å². The molecule has 1 saturated carbocycles. The maximum absolute atomic E-state index is 12.1. The average Bonchev–Trinajstić information content (AvgIpc) is 2.90. The normalized spacial score (nSPS) is 31.7. The molecule has 1 amide bonds. The molecule has 1 aliphatic carbocycles. The standard InChI is InChI=1S/C12H22N2O/c1-11(2,9-5-6-9)14-10(15)12(3)7-4-8-13-12/h9,13H,4-8H2,1-3H3,(H,14,15). The van der Waals surface area contributed by atoms with Gasteiger partial charge in [0.05, 0.1) is 5.54 Å². The lowest BCUT2D eigenvalue weighted by Crippen LogP contribution is -2.57. The van der Waals surface area contributed by atoms with Crippen LogP contribution in [-0.2, 0) is 4.79 Å². The van der Waals surface area contributed by atoms with Gasteiger partial charge >= 0.3 is 0 Å². The molecule has 2 N–H and O–H groups in total. The zero-order chi connectivity index (χ0) is 11.1. The molecule has 0 bridgehead atoms. The van der Waals surface area contributed by atoms with Gasteiger partial charge in [0.2, 0.25) is 5.91 Å². The largest absolute Gasteiger partial charge is 0.349 e. The molecule has 1 heterocycles. The first kappa shape index (κ1) is 10.9. The summed E-state index contributed by atoms with van der Waals surface area (Å²) in [6.07, 6.45) is 4.59. The predicted molar refractivity (Wildman–Crippen MR) is 60.6 cm³/mol. The molecule has 15 heavy (non-hydrogen) atoms. The molecule has 0 aromatic rings. The fourth-order valence-corrected chi connectivity index (χ4v) is 2.43. The summed E-state index contributed by atoms with van der Waals surface area (Å²) < 4.78 is 0. The molecule has 86 valence electrons. The molecule has 0 aromatic carbocycles. The zero-order valence-electron chi connectivity index (χ0n) is 10.0. The molecule has 2 fully saturated rings. The van der Waals surface area contributed by atoms with Gasteiger partial charge in [-0.15, -0.1) is 0 Å². The third-order valence-corrected chi connectivity index (χ3v) is 3.90. The van der Waals surface area contributed by atoms with Crippen molar-refractivity contribution in [1.82, 2.24) is 10.6 Å². The van der Waals surface area contributed by atoms with Crippen molar-refractivity contribution in [3.05, 3.63) is 0 Å². The Morgan fingerprint density at radius 3 is 2.60 bits per heavy atom. The third kappa shape index (κ3) is 2.17. The van der Waals surface area contributed by atoms with Gasteiger partial charge in [0.1, 0.15) is 0 Å². The summed E-state index contributed by atoms with van der Waals surface area (Å²) in [5.41, 5.74) is -0.351. The Morgan fingerprint density at radius 1 is 1.47 bits per heavy atom. The smallest absolute Gasteiger partial charge is 0.240 e. The Balaban J connectivity index is 1.96. The molecular weight excluding hydrogens is 188 g/mol. The Kier molecular flexibility index (Phi) is 2.53. The molecule has 1 aliphatic heterocycles. The van der Waals surface area contributed by atoms with Crippen molar-refractivity contribution in [3.63, 3.8) is 0 Å². The van der Waals surface area contributed by atoms with E-state index in [9.17, 15) is 4.79 Å². The Morgan fingerprint density at radius 2 is 2.13 bits per heavy atom. The van der Waals surface area contributed by atoms with Gasteiger partial charge in [-0.25, -0.2) is 0 Å². The molecule has 0 spiro atoms. The van der Waals surface area contributed by atoms with Crippen molar-refractivity contribution >= 4 is 5.91 Å². The van der Waals surface area contributed by atoms with Crippen LogP contribution in [-0.4, -0.2) is 23.5 Å². The van der Waals surface area contributed by atoms with E-state index < -0.39 is 0 Å². The number of carbonyl (C=O) groups excluding carboxylic acids is 1. The highest BCUT2D eigenvalue weighted by atomic mass is 16.2. The first-order valence-corrected chi connectivity index (χ1v) is 6.02. The van der Waals surface area contributed by atoms with Crippen LogP contribution in [0.5, 0.6) is 0 Å². The molecule has 2 rings (SSSR count). The Bertz CT molecular complexity index is 263. The van der Waals surface area contributed by atoms with E-state index in [0.717, 1.165) is 19.4 Å². The summed E-state index contributed by atoms with van der Waals surface area (Å²) in [7, 11) is 0.